The zero-order valence-electron chi connectivity index (χ0n) is 10.9. The Morgan fingerprint density at radius 2 is 2.05 bits per heavy atom. The van der Waals surface area contributed by atoms with Crippen LogP contribution in [0.4, 0.5) is 0 Å². The summed E-state index contributed by atoms with van der Waals surface area (Å²) in [4.78, 5) is 0.224. The lowest BCUT2D eigenvalue weighted by molar-refractivity contribution is 0.0806. The molecule has 0 aliphatic carbocycles. The van der Waals surface area contributed by atoms with Crippen LogP contribution in [0.3, 0.4) is 0 Å². The zero-order valence-corrected chi connectivity index (χ0v) is 12.4. The molecule has 0 amide bonds. The fourth-order valence-corrected chi connectivity index (χ4v) is 2.02. The topological polar surface area (TPSA) is 53.7 Å². The van der Waals surface area contributed by atoms with E-state index in [1.165, 1.54) is 0 Å². The van der Waals surface area contributed by atoms with Gasteiger partial charge in [0, 0.05) is 20.3 Å². The van der Waals surface area contributed by atoms with Crippen molar-refractivity contribution in [1.29, 1.82) is 0 Å². The van der Waals surface area contributed by atoms with E-state index in [4.69, 9.17) is 43.8 Å². The summed E-state index contributed by atoms with van der Waals surface area (Å²) in [6, 6.07) is 5.30. The van der Waals surface area contributed by atoms with Crippen LogP contribution in [-0.4, -0.2) is 38.5 Å². The highest BCUT2D eigenvalue weighted by Gasteiger charge is 2.10. The Kier molecular flexibility index (Phi) is 7.74. The van der Waals surface area contributed by atoms with Crippen LogP contribution >= 0.6 is 23.8 Å². The fourth-order valence-electron chi connectivity index (χ4n) is 1.48. The Bertz CT molecular complexity index is 415. The fraction of sp³-hybridized carbons (Fsp3) is 0.462. The second kappa shape index (κ2) is 9.09. The van der Waals surface area contributed by atoms with Crippen molar-refractivity contribution >= 4 is 28.8 Å². The number of thiocarbonyl (C=S) groups is 1. The molecule has 19 heavy (non-hydrogen) atoms. The number of rotatable bonds is 9. The number of hydrogen-bond acceptors (Lipinski definition) is 4. The van der Waals surface area contributed by atoms with Crippen molar-refractivity contribution in [1.82, 2.24) is 0 Å². The Balaban J connectivity index is 2.37. The molecule has 0 saturated heterocycles. The first-order chi connectivity index (χ1) is 9.16. The van der Waals surface area contributed by atoms with Gasteiger partial charge in [0.05, 0.1) is 17.2 Å². The molecular weight excluding hydrogens is 286 g/mol. The van der Waals surface area contributed by atoms with Crippen molar-refractivity contribution in [3.05, 3.63) is 28.8 Å². The minimum atomic E-state index is 0.224. The molecule has 4 nitrogen and oxygen atoms in total. The zero-order chi connectivity index (χ0) is 14.1. The molecule has 0 aliphatic rings. The molecule has 1 aromatic rings. The minimum Gasteiger partial charge on any atom is -0.490 e. The molecule has 0 aliphatic heterocycles. The predicted octanol–water partition coefficient (Wildman–Crippen LogP) is 2.41. The van der Waals surface area contributed by atoms with Crippen LogP contribution in [0, 0.1) is 0 Å². The molecular formula is C13H18ClNO3S. The summed E-state index contributed by atoms with van der Waals surface area (Å²) >= 11 is 11.0. The van der Waals surface area contributed by atoms with Crippen molar-refractivity contribution in [2.24, 2.45) is 5.73 Å². The standard InChI is InChI=1S/C13H18ClNO3S/c1-16-6-3-7-17-8-9-18-11-5-2-4-10(14)12(11)13(15)19/h2,4-5H,3,6-9H2,1H3,(H2,15,19). The molecule has 0 radical (unpaired) electrons. The first kappa shape index (κ1) is 16.2. The van der Waals surface area contributed by atoms with Crippen molar-refractivity contribution in [3.63, 3.8) is 0 Å². The first-order valence-corrected chi connectivity index (χ1v) is 6.73. The molecule has 2 N–H and O–H groups in total. The van der Waals surface area contributed by atoms with E-state index < -0.39 is 0 Å². The highest BCUT2D eigenvalue weighted by molar-refractivity contribution is 7.80. The van der Waals surface area contributed by atoms with Crippen LogP contribution in [0.5, 0.6) is 5.75 Å². The van der Waals surface area contributed by atoms with Crippen molar-refractivity contribution in [3.8, 4) is 5.75 Å². The van der Waals surface area contributed by atoms with E-state index in [2.05, 4.69) is 0 Å². The lowest BCUT2D eigenvalue weighted by atomic mass is 10.2. The normalized spacial score (nSPS) is 10.4. The van der Waals surface area contributed by atoms with Gasteiger partial charge in [-0.25, -0.2) is 0 Å². The van der Waals surface area contributed by atoms with Gasteiger partial charge < -0.3 is 19.9 Å². The summed E-state index contributed by atoms with van der Waals surface area (Å²) in [5.41, 5.74) is 6.19. The maximum atomic E-state index is 6.03. The second-order valence-electron chi connectivity index (χ2n) is 3.78. The largest absolute Gasteiger partial charge is 0.490 e. The van der Waals surface area contributed by atoms with Gasteiger partial charge in [0.2, 0.25) is 0 Å². The predicted molar refractivity (Wildman–Crippen MR) is 80.1 cm³/mol. The summed E-state index contributed by atoms with van der Waals surface area (Å²) in [5.74, 6) is 0.584. The first-order valence-electron chi connectivity index (χ1n) is 5.94. The average Bonchev–Trinajstić information content (AvgIpc) is 2.37. The Morgan fingerprint density at radius 1 is 1.26 bits per heavy atom. The van der Waals surface area contributed by atoms with E-state index in [0.717, 1.165) is 6.42 Å². The molecule has 106 valence electrons. The Labute approximate surface area is 123 Å². The third-order valence-corrected chi connectivity index (χ3v) is 2.86. The number of hydrogen-bond donors (Lipinski definition) is 1. The molecule has 0 atom stereocenters. The quantitative estimate of drug-likeness (QED) is 0.561. The molecule has 0 bridgehead atoms. The van der Waals surface area contributed by atoms with Gasteiger partial charge in [0.1, 0.15) is 17.3 Å². The monoisotopic (exact) mass is 303 g/mol. The van der Waals surface area contributed by atoms with Gasteiger partial charge in [-0.2, -0.15) is 0 Å². The van der Waals surface area contributed by atoms with E-state index in [-0.39, 0.29) is 4.99 Å². The smallest absolute Gasteiger partial charge is 0.131 e. The minimum absolute atomic E-state index is 0.224. The third-order valence-electron chi connectivity index (χ3n) is 2.34. The molecule has 0 unspecified atom stereocenters. The van der Waals surface area contributed by atoms with Crippen LogP contribution in [0.25, 0.3) is 0 Å². The molecule has 6 heteroatoms. The summed E-state index contributed by atoms with van der Waals surface area (Å²) in [7, 11) is 1.67. The molecule has 0 heterocycles. The Morgan fingerprint density at radius 3 is 2.74 bits per heavy atom. The molecule has 0 saturated carbocycles. The Hall–Kier alpha value is -0.880. The highest BCUT2D eigenvalue weighted by Crippen LogP contribution is 2.26. The van der Waals surface area contributed by atoms with Crippen molar-refractivity contribution in [2.45, 2.75) is 6.42 Å². The number of ether oxygens (including phenoxy) is 3. The van der Waals surface area contributed by atoms with Gasteiger partial charge in [-0.15, -0.1) is 0 Å². The molecule has 1 aromatic carbocycles. The van der Waals surface area contributed by atoms with E-state index in [1.807, 2.05) is 0 Å². The lowest BCUT2D eigenvalue weighted by Crippen LogP contribution is -2.14. The molecule has 0 aromatic heterocycles. The van der Waals surface area contributed by atoms with Crippen molar-refractivity contribution < 1.29 is 14.2 Å². The third kappa shape index (κ3) is 5.74. The summed E-state index contributed by atoms with van der Waals surface area (Å²) in [6.45, 7) is 2.26. The second-order valence-corrected chi connectivity index (χ2v) is 4.63. The number of nitrogens with two attached hydrogens (primary N) is 1. The van der Waals surface area contributed by atoms with Crippen LogP contribution in [0.2, 0.25) is 5.02 Å². The van der Waals surface area contributed by atoms with Gasteiger partial charge in [-0.3, -0.25) is 0 Å². The van der Waals surface area contributed by atoms with Crippen LogP contribution in [0.1, 0.15) is 12.0 Å². The SMILES string of the molecule is COCCCOCCOc1cccc(Cl)c1C(N)=S. The van der Waals surface area contributed by atoms with Crippen LogP contribution in [0.15, 0.2) is 18.2 Å². The van der Waals surface area contributed by atoms with E-state index in [0.29, 0.717) is 42.8 Å². The van der Waals surface area contributed by atoms with Gasteiger partial charge >= 0.3 is 0 Å². The van der Waals surface area contributed by atoms with E-state index in [1.54, 1.807) is 25.3 Å². The van der Waals surface area contributed by atoms with Crippen LogP contribution < -0.4 is 10.5 Å². The van der Waals surface area contributed by atoms with E-state index >= 15 is 0 Å². The van der Waals surface area contributed by atoms with Crippen LogP contribution in [-0.2, 0) is 9.47 Å². The van der Waals surface area contributed by atoms with Gasteiger partial charge in [-0.1, -0.05) is 29.9 Å². The number of halogens is 1. The van der Waals surface area contributed by atoms with Gasteiger partial charge in [0.15, 0.2) is 0 Å². The maximum Gasteiger partial charge on any atom is 0.131 e. The molecule has 0 fully saturated rings. The van der Waals surface area contributed by atoms with Crippen molar-refractivity contribution in [2.75, 3.05) is 33.5 Å². The van der Waals surface area contributed by atoms with Gasteiger partial charge in [-0.05, 0) is 18.6 Å². The number of benzene rings is 1. The lowest BCUT2D eigenvalue weighted by Gasteiger charge is -2.12. The highest BCUT2D eigenvalue weighted by atomic mass is 35.5. The number of methoxy groups -OCH3 is 1. The average molecular weight is 304 g/mol. The summed E-state index contributed by atoms with van der Waals surface area (Å²) in [6.07, 6.45) is 0.867. The van der Waals surface area contributed by atoms with Gasteiger partial charge in [0.25, 0.3) is 0 Å². The molecule has 1 rings (SSSR count). The summed E-state index contributed by atoms with van der Waals surface area (Å²) in [5, 5.41) is 0.492. The van der Waals surface area contributed by atoms with E-state index in [9.17, 15) is 0 Å². The maximum absolute atomic E-state index is 6.03. The summed E-state index contributed by atoms with van der Waals surface area (Å²) < 4.78 is 15.9. The molecule has 0 spiro atoms.